The van der Waals surface area contributed by atoms with E-state index in [2.05, 4.69) is 18.7 Å². The lowest BCUT2D eigenvalue weighted by molar-refractivity contribution is -0.0539. The van der Waals surface area contributed by atoms with Crippen LogP contribution in [-0.2, 0) is 9.47 Å². The van der Waals surface area contributed by atoms with E-state index >= 15 is 0 Å². The molecule has 0 aromatic carbocycles. The van der Waals surface area contributed by atoms with Gasteiger partial charge in [-0.1, -0.05) is 25.1 Å². The molecule has 3 nitrogen and oxygen atoms in total. The second-order valence-electron chi connectivity index (χ2n) is 4.28. The first-order chi connectivity index (χ1) is 7.59. The number of rotatable bonds is 3. The Morgan fingerprint density at radius 1 is 1.44 bits per heavy atom. The van der Waals surface area contributed by atoms with Gasteiger partial charge in [0.1, 0.15) is 6.10 Å². The van der Waals surface area contributed by atoms with Crippen molar-refractivity contribution in [3.8, 4) is 0 Å². The van der Waals surface area contributed by atoms with Crippen molar-refractivity contribution in [2.24, 2.45) is 0 Å². The standard InChI is InChI=1S/C12H20O3S/c1-9(2)14-10-7-5-3-4-6-8-11(10)15-12(13)16/h6,8-11H,3-5,7H2,1-2H3,(H,13,16). The Morgan fingerprint density at radius 3 is 2.81 bits per heavy atom. The Kier molecular flexibility index (Phi) is 5.91. The first-order valence-electron chi connectivity index (χ1n) is 5.81. The number of carbonyl (C=O) groups excluding carboxylic acids is 1. The fraction of sp³-hybridized carbons (Fsp3) is 0.750. The molecular weight excluding hydrogens is 224 g/mol. The van der Waals surface area contributed by atoms with Crippen molar-refractivity contribution in [3.63, 3.8) is 0 Å². The molecule has 4 heteroatoms. The largest absolute Gasteiger partial charge is 0.447 e. The van der Waals surface area contributed by atoms with Crippen LogP contribution in [0.3, 0.4) is 0 Å². The normalized spacial score (nSPS) is 26.2. The topological polar surface area (TPSA) is 35.5 Å². The molecule has 0 aromatic heterocycles. The third kappa shape index (κ3) is 5.03. The van der Waals surface area contributed by atoms with Crippen LogP contribution in [0.1, 0.15) is 39.5 Å². The summed E-state index contributed by atoms with van der Waals surface area (Å²) < 4.78 is 10.9. The minimum absolute atomic E-state index is 0.0485. The van der Waals surface area contributed by atoms with Crippen LogP contribution in [0.15, 0.2) is 12.2 Å². The molecule has 0 radical (unpaired) electrons. The van der Waals surface area contributed by atoms with Gasteiger partial charge in [-0.15, -0.1) is 0 Å². The molecule has 1 aliphatic rings. The molecule has 16 heavy (non-hydrogen) atoms. The highest BCUT2D eigenvalue weighted by atomic mass is 32.1. The zero-order chi connectivity index (χ0) is 12.0. The average molecular weight is 244 g/mol. The number of carbonyl (C=O) groups is 1. The Hall–Kier alpha value is -0.480. The third-order valence-corrected chi connectivity index (χ3v) is 2.59. The fourth-order valence-corrected chi connectivity index (χ4v) is 1.97. The quantitative estimate of drug-likeness (QED) is 0.470. The highest BCUT2D eigenvalue weighted by Crippen LogP contribution is 2.20. The van der Waals surface area contributed by atoms with Crippen molar-refractivity contribution >= 4 is 17.9 Å². The maximum absolute atomic E-state index is 10.9. The smallest absolute Gasteiger partial charge is 0.364 e. The second kappa shape index (κ2) is 6.97. The van der Waals surface area contributed by atoms with E-state index in [4.69, 9.17) is 9.47 Å². The molecule has 1 rings (SSSR count). The van der Waals surface area contributed by atoms with Crippen LogP contribution in [0.5, 0.6) is 0 Å². The van der Waals surface area contributed by atoms with Gasteiger partial charge < -0.3 is 9.47 Å². The van der Waals surface area contributed by atoms with Gasteiger partial charge in [0.25, 0.3) is 0 Å². The molecule has 0 bridgehead atoms. The Balaban J connectivity index is 2.66. The first-order valence-corrected chi connectivity index (χ1v) is 6.26. The monoisotopic (exact) mass is 244 g/mol. The molecule has 0 spiro atoms. The van der Waals surface area contributed by atoms with Gasteiger partial charge in [-0.3, -0.25) is 0 Å². The summed E-state index contributed by atoms with van der Waals surface area (Å²) in [5, 5.41) is -0.549. The predicted octanol–water partition coefficient (Wildman–Crippen LogP) is 3.35. The summed E-state index contributed by atoms with van der Waals surface area (Å²) in [6.07, 6.45) is 7.98. The van der Waals surface area contributed by atoms with Crippen molar-refractivity contribution in [1.82, 2.24) is 0 Å². The highest BCUT2D eigenvalue weighted by Gasteiger charge is 2.24. The Bertz CT molecular complexity index is 251. The molecule has 0 aromatic rings. The molecule has 92 valence electrons. The van der Waals surface area contributed by atoms with E-state index in [0.717, 1.165) is 25.7 Å². The van der Waals surface area contributed by atoms with Crippen molar-refractivity contribution in [3.05, 3.63) is 12.2 Å². The zero-order valence-corrected chi connectivity index (χ0v) is 10.8. The average Bonchev–Trinajstić information content (AvgIpc) is 2.15. The lowest BCUT2D eigenvalue weighted by Crippen LogP contribution is -2.33. The van der Waals surface area contributed by atoms with Crippen LogP contribution in [0, 0.1) is 0 Å². The van der Waals surface area contributed by atoms with Crippen molar-refractivity contribution in [1.29, 1.82) is 0 Å². The molecular formula is C12H20O3S. The fourth-order valence-electron chi connectivity index (χ4n) is 1.85. The molecule has 1 aliphatic carbocycles. The van der Waals surface area contributed by atoms with E-state index in [1.807, 2.05) is 19.9 Å². The van der Waals surface area contributed by atoms with Crippen LogP contribution >= 0.6 is 12.6 Å². The number of allylic oxidation sites excluding steroid dienone is 1. The van der Waals surface area contributed by atoms with Crippen LogP contribution in [0.25, 0.3) is 0 Å². The van der Waals surface area contributed by atoms with Crippen LogP contribution in [-0.4, -0.2) is 23.6 Å². The maximum Gasteiger partial charge on any atom is 0.364 e. The van der Waals surface area contributed by atoms with Gasteiger partial charge in [-0.2, -0.15) is 0 Å². The minimum atomic E-state index is -0.549. The van der Waals surface area contributed by atoms with Gasteiger partial charge in [-0.25, -0.2) is 4.79 Å². The van der Waals surface area contributed by atoms with E-state index in [0.29, 0.717) is 0 Å². The van der Waals surface area contributed by atoms with E-state index in [1.54, 1.807) is 0 Å². The molecule has 0 aliphatic heterocycles. The van der Waals surface area contributed by atoms with Gasteiger partial charge in [0, 0.05) is 0 Å². The summed E-state index contributed by atoms with van der Waals surface area (Å²) in [5.41, 5.74) is 0. The van der Waals surface area contributed by atoms with E-state index in [1.165, 1.54) is 0 Å². The van der Waals surface area contributed by atoms with E-state index < -0.39 is 5.30 Å². The van der Waals surface area contributed by atoms with E-state index in [9.17, 15) is 4.79 Å². The second-order valence-corrected chi connectivity index (χ2v) is 4.65. The van der Waals surface area contributed by atoms with Crippen LogP contribution < -0.4 is 0 Å². The Morgan fingerprint density at radius 2 is 2.19 bits per heavy atom. The summed E-state index contributed by atoms with van der Waals surface area (Å²) >= 11 is 3.65. The first kappa shape index (κ1) is 13.6. The molecule has 0 heterocycles. The number of thiol groups is 1. The summed E-state index contributed by atoms with van der Waals surface area (Å²) in [7, 11) is 0. The van der Waals surface area contributed by atoms with Crippen LogP contribution in [0.4, 0.5) is 4.79 Å². The summed E-state index contributed by atoms with van der Waals surface area (Å²) in [6, 6.07) is 0. The van der Waals surface area contributed by atoms with Gasteiger partial charge in [0.05, 0.1) is 12.2 Å². The minimum Gasteiger partial charge on any atom is -0.447 e. The molecule has 2 unspecified atom stereocenters. The molecule has 2 atom stereocenters. The number of hydrogen-bond acceptors (Lipinski definition) is 3. The van der Waals surface area contributed by atoms with Crippen molar-refractivity contribution < 1.29 is 14.3 Å². The molecule has 0 fully saturated rings. The van der Waals surface area contributed by atoms with Gasteiger partial charge >= 0.3 is 5.30 Å². The van der Waals surface area contributed by atoms with Gasteiger partial charge in [0.2, 0.25) is 0 Å². The summed E-state index contributed by atoms with van der Waals surface area (Å²) in [5.74, 6) is 0. The molecule has 0 saturated carbocycles. The maximum atomic E-state index is 10.9. The third-order valence-electron chi connectivity index (χ3n) is 2.49. The van der Waals surface area contributed by atoms with Gasteiger partial charge in [-0.05, 0) is 39.2 Å². The number of ether oxygens (including phenoxy) is 2. The van der Waals surface area contributed by atoms with Crippen LogP contribution in [0.2, 0.25) is 0 Å². The highest BCUT2D eigenvalue weighted by molar-refractivity contribution is 7.96. The Labute approximate surface area is 103 Å². The summed E-state index contributed by atoms with van der Waals surface area (Å²) in [4.78, 5) is 10.9. The lowest BCUT2D eigenvalue weighted by atomic mass is 10.0. The predicted molar refractivity (Wildman–Crippen MR) is 66.9 cm³/mol. The van der Waals surface area contributed by atoms with Crippen molar-refractivity contribution in [2.75, 3.05) is 0 Å². The zero-order valence-electron chi connectivity index (χ0n) is 9.89. The van der Waals surface area contributed by atoms with E-state index in [-0.39, 0.29) is 18.3 Å². The molecule has 0 amide bonds. The number of hydrogen-bond donors (Lipinski definition) is 1. The SMILES string of the molecule is CC(C)OC1CCCCC=CC1OC(=O)S. The molecule has 0 N–H and O–H groups in total. The summed E-state index contributed by atoms with van der Waals surface area (Å²) in [6.45, 7) is 3.98. The molecule has 0 saturated heterocycles. The lowest BCUT2D eigenvalue weighted by Gasteiger charge is -2.27. The van der Waals surface area contributed by atoms with Crippen molar-refractivity contribution in [2.45, 2.75) is 57.8 Å². The van der Waals surface area contributed by atoms with Gasteiger partial charge in [0.15, 0.2) is 0 Å².